The summed E-state index contributed by atoms with van der Waals surface area (Å²) in [4.78, 5) is 35.1. The monoisotopic (exact) mass is 488 g/mol. The van der Waals surface area contributed by atoms with Crippen molar-refractivity contribution in [3.8, 4) is 11.4 Å². The van der Waals surface area contributed by atoms with Crippen LogP contribution in [0.25, 0.3) is 5.69 Å². The van der Waals surface area contributed by atoms with Crippen molar-refractivity contribution in [3.05, 3.63) is 67.4 Å². The third kappa shape index (κ3) is 5.25. The number of alkyl halides is 5. The van der Waals surface area contributed by atoms with Gasteiger partial charge >= 0.3 is 24.4 Å². The zero-order chi connectivity index (χ0) is 24.4. The summed E-state index contributed by atoms with van der Waals surface area (Å²) >= 11 is 5.79. The van der Waals surface area contributed by atoms with Crippen molar-refractivity contribution in [2.75, 3.05) is 13.7 Å². The van der Waals surface area contributed by atoms with Gasteiger partial charge in [0.25, 0.3) is 5.56 Å². The predicted molar refractivity (Wildman–Crippen MR) is 95.7 cm³/mol. The number of carbonyl (C=O) groups is 1. The molecule has 0 aliphatic heterocycles. The van der Waals surface area contributed by atoms with Gasteiger partial charge < -0.3 is 14.6 Å². The van der Waals surface area contributed by atoms with Crippen molar-refractivity contribution in [2.24, 2.45) is 0 Å². The van der Waals surface area contributed by atoms with Gasteiger partial charge in [0.05, 0.1) is 23.9 Å². The second-order valence-corrected chi connectivity index (χ2v) is 6.21. The molecule has 2 aromatic rings. The first-order chi connectivity index (χ1) is 14.8. The minimum Gasteiger partial charge on any atom is -0.497 e. The number of hydrogen-bond acceptors (Lipinski definition) is 5. The minimum atomic E-state index is -5.48. The lowest BCUT2D eigenvalue weighted by molar-refractivity contribution is -0.149. The first-order valence-corrected chi connectivity index (χ1v) is 8.49. The topological polar surface area (TPSA) is 99.8 Å². The quantitative estimate of drug-likeness (QED) is 0.365. The highest BCUT2D eigenvalue weighted by Crippen LogP contribution is 2.31. The highest BCUT2D eigenvalue weighted by molar-refractivity contribution is 6.32. The van der Waals surface area contributed by atoms with Crippen molar-refractivity contribution in [1.82, 2.24) is 9.13 Å². The molecule has 0 spiro atoms. The number of aliphatic carboxylic acids is 1. The summed E-state index contributed by atoms with van der Waals surface area (Å²) in [5.41, 5.74) is -7.19. The third-order valence-electron chi connectivity index (χ3n) is 3.78. The molecule has 15 heteroatoms. The first kappa shape index (κ1) is 24.8. The van der Waals surface area contributed by atoms with E-state index in [-0.39, 0.29) is 16.4 Å². The van der Waals surface area contributed by atoms with Gasteiger partial charge in [-0.05, 0) is 6.07 Å². The normalized spacial score (nSPS) is 12.2. The molecule has 0 saturated heterocycles. The van der Waals surface area contributed by atoms with Gasteiger partial charge in [-0.1, -0.05) is 11.6 Å². The number of nitrogens with zero attached hydrogens (tertiary/aromatic N) is 2. The van der Waals surface area contributed by atoms with Crippen molar-refractivity contribution >= 4 is 17.6 Å². The molecular weight excluding hydrogens is 478 g/mol. The Kier molecular flexibility index (Phi) is 7.28. The largest absolute Gasteiger partial charge is 0.497 e. The van der Waals surface area contributed by atoms with Crippen LogP contribution < -0.4 is 16.0 Å². The lowest BCUT2D eigenvalue weighted by Gasteiger charge is -2.17. The van der Waals surface area contributed by atoms with Gasteiger partial charge in [-0.25, -0.2) is 23.1 Å². The Bertz CT molecular complexity index is 1190. The summed E-state index contributed by atoms with van der Waals surface area (Å²) in [7, 11) is 1.10. The molecule has 0 atom stereocenters. The van der Waals surface area contributed by atoms with Gasteiger partial charge in [0.2, 0.25) is 0 Å². The Morgan fingerprint density at radius 2 is 1.88 bits per heavy atom. The molecule has 1 aromatic heterocycles. The van der Waals surface area contributed by atoms with Crippen LogP contribution in [0.1, 0.15) is 12.2 Å². The molecule has 0 fully saturated rings. The Hall–Kier alpha value is -3.42. The van der Waals surface area contributed by atoms with E-state index in [1.165, 1.54) is 0 Å². The summed E-state index contributed by atoms with van der Waals surface area (Å²) in [5.74, 6) is -3.53. The van der Waals surface area contributed by atoms with E-state index in [1.54, 1.807) is 0 Å². The van der Waals surface area contributed by atoms with Crippen LogP contribution in [0.4, 0.5) is 26.3 Å². The lowest BCUT2D eigenvalue weighted by Crippen LogP contribution is -2.42. The molecule has 32 heavy (non-hydrogen) atoms. The van der Waals surface area contributed by atoms with Crippen molar-refractivity contribution in [3.63, 3.8) is 0 Å². The van der Waals surface area contributed by atoms with E-state index in [4.69, 9.17) is 26.2 Å². The number of carboxylic acid groups (broad SMARTS) is 1. The SMILES string of the molecule is CO/C(=C/C(=O)O)COc1cc(-n2c(=O)cc(C(F)(F)F)n(C(F)F)c2=O)c(F)cc1Cl. The molecule has 2 rings (SSSR count). The van der Waals surface area contributed by atoms with Crippen LogP contribution in [-0.2, 0) is 15.7 Å². The smallest absolute Gasteiger partial charge is 0.431 e. The first-order valence-electron chi connectivity index (χ1n) is 8.11. The van der Waals surface area contributed by atoms with E-state index in [2.05, 4.69) is 0 Å². The number of aromatic nitrogens is 2. The summed E-state index contributed by atoms with van der Waals surface area (Å²) in [6.45, 7) is -4.60. The Morgan fingerprint density at radius 3 is 2.38 bits per heavy atom. The molecule has 0 radical (unpaired) electrons. The van der Waals surface area contributed by atoms with Crippen LogP contribution in [0.5, 0.6) is 5.75 Å². The fourth-order valence-electron chi connectivity index (χ4n) is 2.43. The third-order valence-corrected chi connectivity index (χ3v) is 4.08. The van der Waals surface area contributed by atoms with Crippen LogP contribution in [0, 0.1) is 5.82 Å². The number of rotatable bonds is 7. The van der Waals surface area contributed by atoms with E-state index in [9.17, 15) is 40.7 Å². The molecule has 0 aliphatic rings. The van der Waals surface area contributed by atoms with E-state index in [1.807, 2.05) is 0 Å². The summed E-state index contributed by atoms with van der Waals surface area (Å²) in [5, 5.41) is 8.25. The summed E-state index contributed by atoms with van der Waals surface area (Å²) in [6.07, 6.45) is -4.87. The molecule has 0 bridgehead atoms. The summed E-state index contributed by atoms with van der Waals surface area (Å²) in [6, 6.07) is 0.814. The Morgan fingerprint density at radius 1 is 1.25 bits per heavy atom. The van der Waals surface area contributed by atoms with Crippen molar-refractivity contribution in [2.45, 2.75) is 12.7 Å². The van der Waals surface area contributed by atoms with Gasteiger partial charge in [0, 0.05) is 12.1 Å². The number of halogens is 7. The second kappa shape index (κ2) is 9.38. The van der Waals surface area contributed by atoms with Crippen molar-refractivity contribution < 1.29 is 45.7 Å². The molecule has 1 aromatic carbocycles. The molecule has 0 aliphatic carbocycles. The molecule has 0 saturated carbocycles. The predicted octanol–water partition coefficient (Wildman–Crippen LogP) is 3.20. The van der Waals surface area contributed by atoms with E-state index >= 15 is 0 Å². The Balaban J connectivity index is 2.68. The van der Waals surface area contributed by atoms with Crippen LogP contribution in [0.3, 0.4) is 0 Å². The molecular formula is C17H11ClF6N2O6. The average Bonchev–Trinajstić information content (AvgIpc) is 2.65. The van der Waals surface area contributed by atoms with Crippen LogP contribution in [-0.4, -0.2) is 33.9 Å². The molecule has 1 N–H and O–H groups in total. The Labute approximate surface area is 178 Å². The molecule has 1 heterocycles. The maximum Gasteiger partial charge on any atom is 0.431 e. The molecule has 174 valence electrons. The minimum absolute atomic E-state index is 0.244. The number of methoxy groups -OCH3 is 1. The zero-order valence-electron chi connectivity index (χ0n) is 15.6. The maximum absolute atomic E-state index is 14.4. The van der Waals surface area contributed by atoms with Gasteiger partial charge in [-0.15, -0.1) is 0 Å². The number of carboxylic acids is 1. The summed E-state index contributed by atoms with van der Waals surface area (Å²) < 4.78 is 88.3. The van der Waals surface area contributed by atoms with E-state index in [0.29, 0.717) is 18.2 Å². The van der Waals surface area contributed by atoms with Crippen LogP contribution in [0.2, 0.25) is 5.02 Å². The van der Waals surface area contributed by atoms with Crippen molar-refractivity contribution in [1.29, 1.82) is 0 Å². The molecule has 8 nitrogen and oxygen atoms in total. The average molecular weight is 489 g/mol. The lowest BCUT2D eigenvalue weighted by atomic mass is 10.2. The standard InChI is InChI=1S/C17H11ClF6N2O6/c1-31-7(2-14(28)29)6-32-11-4-10(9(19)3-8(11)18)25-13(27)5-12(17(22,23)24)26(15(20)21)16(25)30/h2-5,15H,6H2,1H3,(H,28,29)/b7-2+. The maximum atomic E-state index is 14.4. The van der Waals surface area contributed by atoms with E-state index < -0.39 is 69.1 Å². The van der Waals surface area contributed by atoms with Crippen LogP contribution >= 0.6 is 11.6 Å². The second-order valence-electron chi connectivity index (χ2n) is 5.81. The number of hydrogen-bond donors (Lipinski definition) is 1. The van der Waals surface area contributed by atoms with Gasteiger partial charge in [-0.2, -0.15) is 22.0 Å². The number of ether oxygens (including phenoxy) is 2. The van der Waals surface area contributed by atoms with Gasteiger partial charge in [-0.3, -0.25) is 4.79 Å². The van der Waals surface area contributed by atoms with Gasteiger partial charge in [0.1, 0.15) is 29.6 Å². The van der Waals surface area contributed by atoms with E-state index in [0.717, 1.165) is 7.11 Å². The van der Waals surface area contributed by atoms with Crippen LogP contribution in [0.15, 0.2) is 39.6 Å². The molecule has 0 unspecified atom stereocenters. The highest BCUT2D eigenvalue weighted by atomic mass is 35.5. The fraction of sp³-hybridized carbons (Fsp3) is 0.235. The van der Waals surface area contributed by atoms with Gasteiger partial charge in [0.15, 0.2) is 0 Å². The zero-order valence-corrected chi connectivity index (χ0v) is 16.4. The highest BCUT2D eigenvalue weighted by Gasteiger charge is 2.38. The number of benzene rings is 1. The molecule has 0 amide bonds. The fourth-order valence-corrected chi connectivity index (χ4v) is 2.64.